The van der Waals surface area contributed by atoms with Gasteiger partial charge in [0.25, 0.3) is 0 Å². The molecule has 0 aliphatic heterocycles. The SMILES string of the molecule is CCCOc1cc(/C=N\Nc2ccc(C)cc2)ccc1OC. The van der Waals surface area contributed by atoms with Gasteiger partial charge in [-0.1, -0.05) is 24.6 Å². The summed E-state index contributed by atoms with van der Waals surface area (Å²) in [6.45, 7) is 4.80. The Morgan fingerprint density at radius 1 is 1.09 bits per heavy atom. The molecule has 0 aliphatic carbocycles. The molecule has 116 valence electrons. The first kappa shape index (κ1) is 15.9. The highest BCUT2D eigenvalue weighted by Gasteiger charge is 2.04. The number of hydrazone groups is 1. The second-order valence-electron chi connectivity index (χ2n) is 4.99. The molecule has 0 aliphatic rings. The number of ether oxygens (including phenoxy) is 2. The number of methoxy groups -OCH3 is 1. The Labute approximate surface area is 131 Å². The summed E-state index contributed by atoms with van der Waals surface area (Å²) in [6, 6.07) is 13.8. The smallest absolute Gasteiger partial charge is 0.161 e. The Morgan fingerprint density at radius 2 is 1.86 bits per heavy atom. The number of nitrogens with one attached hydrogen (secondary N) is 1. The lowest BCUT2D eigenvalue weighted by molar-refractivity contribution is 0.294. The third kappa shape index (κ3) is 4.52. The minimum atomic E-state index is 0.665. The van der Waals surface area contributed by atoms with Crippen molar-refractivity contribution in [2.45, 2.75) is 20.3 Å². The molecule has 0 aromatic heterocycles. The van der Waals surface area contributed by atoms with Crippen LogP contribution in [0.5, 0.6) is 11.5 Å². The standard InChI is InChI=1S/C18H22N2O2/c1-4-11-22-18-12-15(7-10-17(18)21-3)13-19-20-16-8-5-14(2)6-9-16/h5-10,12-13,20H,4,11H2,1-3H3/b19-13-. The Hall–Kier alpha value is -2.49. The summed E-state index contributed by atoms with van der Waals surface area (Å²) in [4.78, 5) is 0. The van der Waals surface area contributed by atoms with Gasteiger partial charge in [-0.2, -0.15) is 5.10 Å². The van der Waals surface area contributed by atoms with Crippen molar-refractivity contribution in [3.63, 3.8) is 0 Å². The molecule has 2 rings (SSSR count). The summed E-state index contributed by atoms with van der Waals surface area (Å²) in [5.41, 5.74) is 6.14. The van der Waals surface area contributed by atoms with E-state index in [4.69, 9.17) is 9.47 Å². The van der Waals surface area contributed by atoms with E-state index in [2.05, 4.69) is 24.4 Å². The van der Waals surface area contributed by atoms with E-state index < -0.39 is 0 Å². The van der Waals surface area contributed by atoms with Gasteiger partial charge in [-0.25, -0.2) is 0 Å². The molecule has 0 bridgehead atoms. The molecular weight excluding hydrogens is 276 g/mol. The van der Waals surface area contributed by atoms with E-state index in [0.29, 0.717) is 6.61 Å². The first-order valence-electron chi connectivity index (χ1n) is 7.39. The second kappa shape index (κ2) is 8.08. The molecule has 0 atom stereocenters. The molecular formula is C18H22N2O2. The summed E-state index contributed by atoms with van der Waals surface area (Å²) in [5, 5.41) is 4.25. The van der Waals surface area contributed by atoms with Gasteiger partial charge in [0.15, 0.2) is 11.5 Å². The number of rotatable bonds is 7. The fraction of sp³-hybridized carbons (Fsp3) is 0.278. The number of hydrogen-bond acceptors (Lipinski definition) is 4. The summed E-state index contributed by atoms with van der Waals surface area (Å²) in [5.74, 6) is 1.47. The van der Waals surface area contributed by atoms with Crippen LogP contribution in [0, 0.1) is 6.92 Å². The van der Waals surface area contributed by atoms with Crippen molar-refractivity contribution in [2.24, 2.45) is 5.10 Å². The topological polar surface area (TPSA) is 42.8 Å². The lowest BCUT2D eigenvalue weighted by Gasteiger charge is -2.10. The van der Waals surface area contributed by atoms with Gasteiger partial charge in [-0.15, -0.1) is 0 Å². The summed E-state index contributed by atoms with van der Waals surface area (Å²) in [6.07, 6.45) is 2.72. The van der Waals surface area contributed by atoms with Crippen LogP contribution in [-0.4, -0.2) is 19.9 Å². The van der Waals surface area contributed by atoms with Gasteiger partial charge in [-0.3, -0.25) is 5.43 Å². The summed E-state index contributed by atoms with van der Waals surface area (Å²) < 4.78 is 11.0. The maximum atomic E-state index is 5.69. The van der Waals surface area contributed by atoms with Gasteiger partial charge in [0.2, 0.25) is 0 Å². The van der Waals surface area contributed by atoms with Crippen LogP contribution in [0.15, 0.2) is 47.6 Å². The molecule has 0 amide bonds. The average molecular weight is 298 g/mol. The monoisotopic (exact) mass is 298 g/mol. The highest BCUT2D eigenvalue weighted by atomic mass is 16.5. The second-order valence-corrected chi connectivity index (χ2v) is 4.99. The van der Waals surface area contributed by atoms with E-state index in [0.717, 1.165) is 29.2 Å². The summed E-state index contributed by atoms with van der Waals surface area (Å²) >= 11 is 0. The molecule has 4 heteroatoms. The van der Waals surface area contributed by atoms with Crippen LogP contribution in [0.3, 0.4) is 0 Å². The fourth-order valence-corrected chi connectivity index (χ4v) is 1.91. The first-order valence-corrected chi connectivity index (χ1v) is 7.39. The number of aryl methyl sites for hydroxylation is 1. The van der Waals surface area contributed by atoms with Gasteiger partial charge in [0.1, 0.15) is 0 Å². The Morgan fingerprint density at radius 3 is 2.55 bits per heavy atom. The predicted octanol–water partition coefficient (Wildman–Crippen LogP) is 4.24. The van der Waals surface area contributed by atoms with Crippen LogP contribution in [0.2, 0.25) is 0 Å². The van der Waals surface area contributed by atoms with Crippen molar-refractivity contribution in [1.82, 2.24) is 0 Å². The van der Waals surface area contributed by atoms with Gasteiger partial charge in [-0.05, 0) is 49.2 Å². The van der Waals surface area contributed by atoms with Crippen molar-refractivity contribution in [3.05, 3.63) is 53.6 Å². The zero-order valence-electron chi connectivity index (χ0n) is 13.3. The maximum absolute atomic E-state index is 5.69. The number of anilines is 1. The van der Waals surface area contributed by atoms with Crippen molar-refractivity contribution < 1.29 is 9.47 Å². The Kier molecular flexibility index (Phi) is 5.83. The maximum Gasteiger partial charge on any atom is 0.161 e. The highest BCUT2D eigenvalue weighted by molar-refractivity contribution is 5.81. The molecule has 1 N–H and O–H groups in total. The average Bonchev–Trinajstić information content (AvgIpc) is 2.55. The van der Waals surface area contributed by atoms with Crippen molar-refractivity contribution >= 4 is 11.9 Å². The van der Waals surface area contributed by atoms with Crippen molar-refractivity contribution in [1.29, 1.82) is 0 Å². The first-order chi connectivity index (χ1) is 10.7. The predicted molar refractivity (Wildman–Crippen MR) is 91.2 cm³/mol. The molecule has 0 radical (unpaired) electrons. The van der Waals surface area contributed by atoms with Crippen LogP contribution in [-0.2, 0) is 0 Å². The van der Waals surface area contributed by atoms with Gasteiger partial charge >= 0.3 is 0 Å². The van der Waals surface area contributed by atoms with E-state index in [1.807, 2.05) is 42.5 Å². The van der Waals surface area contributed by atoms with Gasteiger partial charge in [0, 0.05) is 0 Å². The van der Waals surface area contributed by atoms with Gasteiger partial charge in [0.05, 0.1) is 25.6 Å². The summed E-state index contributed by atoms with van der Waals surface area (Å²) in [7, 11) is 1.64. The third-order valence-corrected chi connectivity index (χ3v) is 3.11. The molecule has 0 spiro atoms. The number of nitrogens with zero attached hydrogens (tertiary/aromatic N) is 1. The van der Waals surface area contributed by atoms with Crippen molar-refractivity contribution in [2.75, 3.05) is 19.1 Å². The molecule has 2 aromatic rings. The molecule has 0 saturated carbocycles. The van der Waals surface area contributed by atoms with Crippen LogP contribution >= 0.6 is 0 Å². The minimum absolute atomic E-state index is 0.665. The molecule has 0 heterocycles. The third-order valence-electron chi connectivity index (χ3n) is 3.11. The lowest BCUT2D eigenvalue weighted by Crippen LogP contribution is -1.99. The van der Waals surface area contributed by atoms with Crippen molar-refractivity contribution in [3.8, 4) is 11.5 Å². The molecule has 2 aromatic carbocycles. The number of hydrogen-bond donors (Lipinski definition) is 1. The van der Waals surface area contributed by atoms with Crippen LogP contribution in [0.4, 0.5) is 5.69 Å². The number of benzene rings is 2. The van der Waals surface area contributed by atoms with E-state index >= 15 is 0 Å². The van der Waals surface area contributed by atoms with Crippen LogP contribution < -0.4 is 14.9 Å². The quantitative estimate of drug-likeness (QED) is 0.614. The van der Waals surface area contributed by atoms with E-state index in [1.54, 1.807) is 13.3 Å². The molecule has 4 nitrogen and oxygen atoms in total. The van der Waals surface area contributed by atoms with E-state index in [1.165, 1.54) is 5.56 Å². The minimum Gasteiger partial charge on any atom is -0.493 e. The fourth-order valence-electron chi connectivity index (χ4n) is 1.91. The molecule has 22 heavy (non-hydrogen) atoms. The van der Waals surface area contributed by atoms with Crippen LogP contribution in [0.1, 0.15) is 24.5 Å². The Bertz CT molecular complexity index is 621. The van der Waals surface area contributed by atoms with Gasteiger partial charge < -0.3 is 9.47 Å². The zero-order valence-corrected chi connectivity index (χ0v) is 13.3. The van der Waals surface area contributed by atoms with E-state index in [-0.39, 0.29) is 0 Å². The zero-order chi connectivity index (χ0) is 15.8. The van der Waals surface area contributed by atoms with E-state index in [9.17, 15) is 0 Å². The molecule has 0 saturated heterocycles. The normalized spacial score (nSPS) is 10.7. The molecule has 0 unspecified atom stereocenters. The highest BCUT2D eigenvalue weighted by Crippen LogP contribution is 2.27. The Balaban J connectivity index is 2.05. The van der Waals surface area contributed by atoms with Crippen LogP contribution in [0.25, 0.3) is 0 Å². The lowest BCUT2D eigenvalue weighted by atomic mass is 10.2. The molecule has 0 fully saturated rings. The largest absolute Gasteiger partial charge is 0.493 e.